The molecule has 2 rings (SSSR count). The summed E-state index contributed by atoms with van der Waals surface area (Å²) in [6, 6.07) is 12.1. The van der Waals surface area contributed by atoms with E-state index in [-0.39, 0.29) is 5.82 Å². The second-order valence-corrected chi connectivity index (χ2v) is 4.89. The maximum atomic E-state index is 12.8. The Bertz CT molecular complexity index is 590. The quantitative estimate of drug-likeness (QED) is 0.816. The molecular weight excluding hydrogens is 261 g/mol. The maximum Gasteiger partial charge on any atom is 0.123 e. The molecule has 0 heterocycles. The lowest BCUT2D eigenvalue weighted by Gasteiger charge is -2.12. The molecule has 2 aromatic carbocycles. The lowest BCUT2D eigenvalue weighted by Crippen LogP contribution is -2.01. The van der Waals surface area contributed by atoms with Crippen LogP contribution in [0.1, 0.15) is 18.1 Å². The monoisotopic (exact) mass is 275 g/mol. The van der Waals surface area contributed by atoms with Crippen LogP contribution in [0.15, 0.2) is 49.0 Å². The third-order valence-electron chi connectivity index (χ3n) is 2.84. The van der Waals surface area contributed by atoms with Crippen molar-refractivity contribution < 1.29 is 4.39 Å². The fraction of sp³-hybridized carbons (Fsp3) is 0.125. The van der Waals surface area contributed by atoms with E-state index in [9.17, 15) is 4.39 Å². The molecule has 0 aromatic heterocycles. The van der Waals surface area contributed by atoms with Gasteiger partial charge in [-0.25, -0.2) is 4.39 Å². The second kappa shape index (κ2) is 5.89. The molecule has 19 heavy (non-hydrogen) atoms. The first-order valence-corrected chi connectivity index (χ1v) is 6.38. The molecule has 98 valence electrons. The van der Waals surface area contributed by atoms with Crippen molar-refractivity contribution in [3.63, 3.8) is 0 Å². The van der Waals surface area contributed by atoms with Crippen molar-refractivity contribution in [2.24, 2.45) is 0 Å². The van der Waals surface area contributed by atoms with Crippen LogP contribution in [0, 0.1) is 5.82 Å². The Morgan fingerprint density at radius 3 is 2.53 bits per heavy atom. The van der Waals surface area contributed by atoms with E-state index in [0.29, 0.717) is 11.6 Å². The van der Waals surface area contributed by atoms with Crippen LogP contribution < -0.4 is 5.32 Å². The molecule has 3 heteroatoms. The van der Waals surface area contributed by atoms with E-state index >= 15 is 0 Å². The van der Waals surface area contributed by atoms with E-state index in [0.717, 1.165) is 22.4 Å². The summed E-state index contributed by atoms with van der Waals surface area (Å²) in [4.78, 5) is 0. The maximum absolute atomic E-state index is 12.8. The first-order chi connectivity index (χ1) is 9.06. The van der Waals surface area contributed by atoms with E-state index in [4.69, 9.17) is 11.6 Å². The van der Waals surface area contributed by atoms with Crippen molar-refractivity contribution in [2.45, 2.75) is 13.5 Å². The Balaban J connectivity index is 2.16. The SMILES string of the molecule is C=C(C)c1ccc(Cl)cc1NCc1ccc(F)cc1. The van der Waals surface area contributed by atoms with Crippen molar-refractivity contribution in [1.82, 2.24) is 0 Å². The normalized spacial score (nSPS) is 10.3. The largest absolute Gasteiger partial charge is 0.380 e. The molecule has 0 radical (unpaired) electrons. The standard InChI is InChI=1S/C16H15ClFN/c1-11(2)15-8-5-13(17)9-16(15)19-10-12-3-6-14(18)7-4-12/h3-9,19H,1,10H2,2H3. The number of benzene rings is 2. The van der Waals surface area contributed by atoms with Crippen LogP contribution in [0.3, 0.4) is 0 Å². The summed E-state index contributed by atoms with van der Waals surface area (Å²) in [5.41, 5.74) is 3.95. The molecule has 0 spiro atoms. The van der Waals surface area contributed by atoms with Crippen molar-refractivity contribution in [3.05, 3.63) is 71.0 Å². The molecule has 0 fully saturated rings. The molecule has 1 N–H and O–H groups in total. The Morgan fingerprint density at radius 1 is 1.21 bits per heavy atom. The summed E-state index contributed by atoms with van der Waals surface area (Å²) in [5, 5.41) is 3.98. The highest BCUT2D eigenvalue weighted by molar-refractivity contribution is 6.31. The molecular formula is C16H15ClFN. The van der Waals surface area contributed by atoms with Crippen LogP contribution in [-0.4, -0.2) is 0 Å². The van der Waals surface area contributed by atoms with Gasteiger partial charge in [0.05, 0.1) is 0 Å². The van der Waals surface area contributed by atoms with Gasteiger partial charge < -0.3 is 5.32 Å². The van der Waals surface area contributed by atoms with Crippen LogP contribution in [0.5, 0.6) is 0 Å². The Hall–Kier alpha value is -1.80. The third kappa shape index (κ3) is 3.58. The van der Waals surface area contributed by atoms with Crippen LogP contribution >= 0.6 is 11.6 Å². The summed E-state index contributed by atoms with van der Waals surface area (Å²) in [6.45, 7) is 6.51. The summed E-state index contributed by atoms with van der Waals surface area (Å²) < 4.78 is 12.8. The zero-order valence-electron chi connectivity index (χ0n) is 10.7. The molecule has 0 aliphatic carbocycles. The summed E-state index contributed by atoms with van der Waals surface area (Å²) in [6.07, 6.45) is 0. The number of nitrogens with one attached hydrogen (secondary N) is 1. The van der Waals surface area contributed by atoms with Crippen molar-refractivity contribution in [2.75, 3.05) is 5.32 Å². The van der Waals surface area contributed by atoms with Gasteiger partial charge in [-0.3, -0.25) is 0 Å². The van der Waals surface area contributed by atoms with Crippen LogP contribution in [0.25, 0.3) is 5.57 Å². The Labute approximate surface area is 117 Å². The van der Waals surface area contributed by atoms with Crippen LogP contribution in [0.4, 0.5) is 10.1 Å². The lowest BCUT2D eigenvalue weighted by atomic mass is 10.1. The van der Waals surface area contributed by atoms with E-state index in [1.165, 1.54) is 12.1 Å². The van der Waals surface area contributed by atoms with Gasteiger partial charge in [0.2, 0.25) is 0 Å². The van der Waals surface area contributed by atoms with Gasteiger partial charge in [0.25, 0.3) is 0 Å². The minimum Gasteiger partial charge on any atom is -0.380 e. The topological polar surface area (TPSA) is 12.0 Å². The molecule has 0 bridgehead atoms. The number of allylic oxidation sites excluding steroid dienone is 1. The van der Waals surface area contributed by atoms with Gasteiger partial charge >= 0.3 is 0 Å². The van der Waals surface area contributed by atoms with Gasteiger partial charge in [-0.15, -0.1) is 0 Å². The van der Waals surface area contributed by atoms with Crippen molar-refractivity contribution in [1.29, 1.82) is 0 Å². The van der Waals surface area contributed by atoms with Gasteiger partial charge in [-0.05, 0) is 42.3 Å². The predicted molar refractivity (Wildman–Crippen MR) is 79.9 cm³/mol. The molecule has 0 aliphatic rings. The Kier molecular flexibility index (Phi) is 4.23. The van der Waals surface area contributed by atoms with Crippen LogP contribution in [0.2, 0.25) is 5.02 Å². The Morgan fingerprint density at radius 2 is 1.89 bits per heavy atom. The number of halogens is 2. The average Bonchev–Trinajstić information content (AvgIpc) is 2.38. The van der Waals surface area contributed by atoms with Crippen LogP contribution in [-0.2, 0) is 6.54 Å². The van der Waals surface area contributed by atoms with E-state index < -0.39 is 0 Å². The molecule has 2 aromatic rings. The van der Waals surface area contributed by atoms with E-state index in [2.05, 4.69) is 11.9 Å². The van der Waals surface area contributed by atoms with Gasteiger partial charge in [0.1, 0.15) is 5.82 Å². The number of hydrogen-bond acceptors (Lipinski definition) is 1. The number of anilines is 1. The minimum atomic E-state index is -0.228. The zero-order chi connectivity index (χ0) is 13.8. The van der Waals surface area contributed by atoms with E-state index in [1.807, 2.05) is 25.1 Å². The summed E-state index contributed by atoms with van der Waals surface area (Å²) in [7, 11) is 0. The molecule has 0 unspecified atom stereocenters. The first-order valence-electron chi connectivity index (χ1n) is 6.00. The van der Waals surface area contributed by atoms with E-state index in [1.54, 1.807) is 12.1 Å². The molecule has 0 aliphatic heterocycles. The first kappa shape index (κ1) is 13.6. The second-order valence-electron chi connectivity index (χ2n) is 4.45. The highest BCUT2D eigenvalue weighted by Gasteiger charge is 2.04. The number of hydrogen-bond donors (Lipinski definition) is 1. The minimum absolute atomic E-state index is 0.228. The predicted octanol–water partition coefficient (Wildman–Crippen LogP) is 5.12. The fourth-order valence-electron chi connectivity index (χ4n) is 1.83. The number of rotatable bonds is 4. The smallest absolute Gasteiger partial charge is 0.123 e. The van der Waals surface area contributed by atoms with Crippen molar-refractivity contribution in [3.8, 4) is 0 Å². The van der Waals surface area contributed by atoms with Gasteiger partial charge in [-0.2, -0.15) is 0 Å². The van der Waals surface area contributed by atoms with Crippen molar-refractivity contribution >= 4 is 22.9 Å². The molecule has 0 atom stereocenters. The summed E-state index contributed by atoms with van der Waals surface area (Å²) in [5.74, 6) is -0.228. The highest BCUT2D eigenvalue weighted by Crippen LogP contribution is 2.26. The third-order valence-corrected chi connectivity index (χ3v) is 3.07. The molecule has 0 amide bonds. The average molecular weight is 276 g/mol. The fourth-order valence-corrected chi connectivity index (χ4v) is 2.01. The van der Waals surface area contributed by atoms with Gasteiger partial charge in [0.15, 0.2) is 0 Å². The molecule has 1 nitrogen and oxygen atoms in total. The van der Waals surface area contributed by atoms with Gasteiger partial charge in [-0.1, -0.05) is 36.4 Å². The zero-order valence-corrected chi connectivity index (χ0v) is 11.5. The van der Waals surface area contributed by atoms with Gasteiger partial charge in [0, 0.05) is 22.8 Å². The summed E-state index contributed by atoms with van der Waals surface area (Å²) >= 11 is 6.00. The lowest BCUT2D eigenvalue weighted by molar-refractivity contribution is 0.627. The molecule has 0 saturated heterocycles. The molecule has 0 saturated carbocycles. The highest BCUT2D eigenvalue weighted by atomic mass is 35.5.